The van der Waals surface area contributed by atoms with Gasteiger partial charge in [-0.3, -0.25) is 14.5 Å². The largest absolute Gasteiger partial charge is 0.299 e. The lowest BCUT2D eigenvalue weighted by molar-refractivity contribution is -0.123. The SMILES string of the molecule is Cn1cc(-c2ccc3cnc(CC(=O)C4CCN(S(C)(=O)=O)CC4)cc3c2)cn1. The van der Waals surface area contributed by atoms with Gasteiger partial charge in [0.2, 0.25) is 10.0 Å². The van der Waals surface area contributed by atoms with Gasteiger partial charge >= 0.3 is 0 Å². The van der Waals surface area contributed by atoms with Gasteiger partial charge in [0, 0.05) is 61.5 Å². The molecule has 29 heavy (non-hydrogen) atoms. The third-order valence-electron chi connectivity index (χ3n) is 5.55. The van der Waals surface area contributed by atoms with Crippen LogP contribution in [0.5, 0.6) is 0 Å². The molecule has 1 aromatic carbocycles. The van der Waals surface area contributed by atoms with Crippen molar-refractivity contribution in [3.05, 3.63) is 48.5 Å². The normalized spacial score (nSPS) is 16.3. The topological polar surface area (TPSA) is 85.2 Å². The highest BCUT2D eigenvalue weighted by molar-refractivity contribution is 7.88. The summed E-state index contributed by atoms with van der Waals surface area (Å²) >= 11 is 0. The van der Waals surface area contributed by atoms with Crippen molar-refractivity contribution in [2.45, 2.75) is 19.3 Å². The van der Waals surface area contributed by atoms with Crippen molar-refractivity contribution >= 4 is 26.6 Å². The molecule has 0 aliphatic carbocycles. The quantitative estimate of drug-likeness (QED) is 0.642. The number of pyridine rings is 1. The summed E-state index contributed by atoms with van der Waals surface area (Å²) in [5.74, 6) is 0.0284. The molecule has 0 radical (unpaired) electrons. The van der Waals surface area contributed by atoms with Crippen LogP contribution in [-0.4, -0.2) is 52.6 Å². The summed E-state index contributed by atoms with van der Waals surface area (Å²) in [5.41, 5.74) is 2.86. The first kappa shape index (κ1) is 19.7. The number of sulfonamides is 1. The van der Waals surface area contributed by atoms with E-state index in [1.165, 1.54) is 10.6 Å². The molecule has 0 bridgehead atoms. The molecule has 1 fully saturated rings. The molecule has 152 valence electrons. The Kier molecular flexibility index (Phi) is 5.23. The van der Waals surface area contributed by atoms with Crippen molar-refractivity contribution in [2.75, 3.05) is 19.3 Å². The number of benzene rings is 1. The summed E-state index contributed by atoms with van der Waals surface area (Å²) in [5, 5.41) is 6.28. The van der Waals surface area contributed by atoms with E-state index in [4.69, 9.17) is 0 Å². The fourth-order valence-corrected chi connectivity index (χ4v) is 4.74. The molecule has 0 spiro atoms. The minimum Gasteiger partial charge on any atom is -0.299 e. The first-order valence-corrected chi connectivity index (χ1v) is 11.5. The number of piperidine rings is 1. The Morgan fingerprint density at radius 3 is 2.52 bits per heavy atom. The van der Waals surface area contributed by atoms with Gasteiger partial charge in [-0.25, -0.2) is 12.7 Å². The smallest absolute Gasteiger partial charge is 0.211 e. The standard InChI is InChI=1S/C21H24N4O3S/c1-24-14-19(13-23-24)16-3-4-17-12-22-20(10-18(17)9-16)11-21(26)15-5-7-25(8-6-15)29(2,27)28/h3-4,9-10,12-15H,5-8,11H2,1-2H3. The zero-order valence-electron chi connectivity index (χ0n) is 16.6. The first-order chi connectivity index (χ1) is 13.8. The first-order valence-electron chi connectivity index (χ1n) is 9.65. The van der Waals surface area contributed by atoms with Crippen LogP contribution in [0.4, 0.5) is 0 Å². The average molecular weight is 413 g/mol. The molecule has 7 nitrogen and oxygen atoms in total. The van der Waals surface area contributed by atoms with Crippen LogP contribution in [0.2, 0.25) is 0 Å². The van der Waals surface area contributed by atoms with Crippen LogP contribution in [0.1, 0.15) is 18.5 Å². The van der Waals surface area contributed by atoms with E-state index >= 15 is 0 Å². The van der Waals surface area contributed by atoms with Crippen LogP contribution in [0.15, 0.2) is 42.9 Å². The molecule has 0 atom stereocenters. The highest BCUT2D eigenvalue weighted by Crippen LogP contribution is 2.25. The van der Waals surface area contributed by atoms with Crippen molar-refractivity contribution in [1.82, 2.24) is 19.1 Å². The fraction of sp³-hybridized carbons (Fsp3) is 0.381. The Labute approximate surface area is 170 Å². The number of rotatable bonds is 5. The Balaban J connectivity index is 1.48. The molecule has 4 rings (SSSR count). The maximum absolute atomic E-state index is 12.7. The Hall–Kier alpha value is -2.58. The van der Waals surface area contributed by atoms with Crippen LogP contribution >= 0.6 is 0 Å². The van der Waals surface area contributed by atoms with Crippen LogP contribution in [-0.2, 0) is 28.3 Å². The second-order valence-corrected chi connectivity index (χ2v) is 9.70. The molecule has 2 aromatic heterocycles. The highest BCUT2D eigenvalue weighted by atomic mass is 32.2. The van der Waals surface area contributed by atoms with Crippen LogP contribution in [0.3, 0.4) is 0 Å². The maximum Gasteiger partial charge on any atom is 0.211 e. The van der Waals surface area contributed by atoms with E-state index in [2.05, 4.69) is 16.1 Å². The predicted molar refractivity (Wildman–Crippen MR) is 112 cm³/mol. The summed E-state index contributed by atoms with van der Waals surface area (Å²) in [6, 6.07) is 8.13. The minimum atomic E-state index is -3.18. The zero-order chi connectivity index (χ0) is 20.6. The van der Waals surface area contributed by atoms with Crippen molar-refractivity contribution < 1.29 is 13.2 Å². The van der Waals surface area contributed by atoms with Gasteiger partial charge < -0.3 is 0 Å². The lowest BCUT2D eigenvalue weighted by atomic mass is 9.91. The van der Waals surface area contributed by atoms with Crippen LogP contribution in [0.25, 0.3) is 21.9 Å². The summed E-state index contributed by atoms with van der Waals surface area (Å²) < 4.78 is 26.5. The fourth-order valence-electron chi connectivity index (χ4n) is 3.87. The van der Waals surface area contributed by atoms with Crippen molar-refractivity contribution in [3.63, 3.8) is 0 Å². The minimum absolute atomic E-state index is 0.104. The van der Waals surface area contributed by atoms with Gasteiger partial charge in [-0.15, -0.1) is 0 Å². The number of carbonyl (C=O) groups excluding carboxylic acids is 1. The van der Waals surface area contributed by atoms with Crippen LogP contribution < -0.4 is 0 Å². The second-order valence-electron chi connectivity index (χ2n) is 7.72. The second kappa shape index (κ2) is 7.68. The van der Waals surface area contributed by atoms with Crippen molar-refractivity contribution in [3.8, 4) is 11.1 Å². The number of aryl methyl sites for hydroxylation is 1. The molecular weight excluding hydrogens is 388 g/mol. The Bertz CT molecular complexity index is 1160. The van der Waals surface area contributed by atoms with E-state index in [0.717, 1.165) is 27.6 Å². The van der Waals surface area contributed by atoms with E-state index in [0.29, 0.717) is 25.9 Å². The highest BCUT2D eigenvalue weighted by Gasteiger charge is 2.28. The molecule has 0 amide bonds. The average Bonchev–Trinajstić information content (AvgIpc) is 3.13. The summed E-state index contributed by atoms with van der Waals surface area (Å²) in [4.78, 5) is 17.2. The lowest BCUT2D eigenvalue weighted by Crippen LogP contribution is -2.39. The number of ketones is 1. The summed E-state index contributed by atoms with van der Waals surface area (Å²) in [7, 11) is -1.29. The van der Waals surface area contributed by atoms with Crippen molar-refractivity contribution in [1.29, 1.82) is 0 Å². The molecule has 3 heterocycles. The number of fused-ring (bicyclic) bond motifs is 1. The van der Waals surface area contributed by atoms with Gasteiger partial charge in [-0.2, -0.15) is 5.10 Å². The van der Waals surface area contributed by atoms with E-state index < -0.39 is 10.0 Å². The number of nitrogens with zero attached hydrogens (tertiary/aromatic N) is 4. The molecular formula is C21H24N4O3S. The number of carbonyl (C=O) groups is 1. The van der Waals surface area contributed by atoms with Gasteiger partial charge in [0.05, 0.1) is 12.5 Å². The maximum atomic E-state index is 12.7. The molecule has 0 unspecified atom stereocenters. The molecule has 8 heteroatoms. The Morgan fingerprint density at radius 1 is 1.10 bits per heavy atom. The third kappa shape index (κ3) is 4.38. The molecule has 3 aromatic rings. The van der Waals surface area contributed by atoms with Gasteiger partial charge in [0.25, 0.3) is 0 Å². The number of hydrogen-bond acceptors (Lipinski definition) is 5. The van der Waals surface area contributed by atoms with E-state index in [1.807, 2.05) is 37.6 Å². The van der Waals surface area contributed by atoms with Crippen LogP contribution in [0, 0.1) is 5.92 Å². The van der Waals surface area contributed by atoms with Gasteiger partial charge in [-0.1, -0.05) is 12.1 Å². The number of hydrogen-bond donors (Lipinski definition) is 0. The molecule has 0 N–H and O–H groups in total. The van der Waals surface area contributed by atoms with Gasteiger partial charge in [-0.05, 0) is 35.9 Å². The molecule has 1 aliphatic rings. The molecule has 1 saturated heterocycles. The number of aromatic nitrogens is 3. The summed E-state index contributed by atoms with van der Waals surface area (Å²) in [6.07, 6.45) is 8.24. The predicted octanol–water partition coefficient (Wildman–Crippen LogP) is 2.42. The number of Topliss-reactive ketones (excluding diaryl/α,β-unsaturated/α-hetero) is 1. The third-order valence-corrected chi connectivity index (χ3v) is 6.85. The lowest BCUT2D eigenvalue weighted by Gasteiger charge is -2.29. The molecule has 0 saturated carbocycles. The monoisotopic (exact) mass is 412 g/mol. The summed E-state index contributed by atoms with van der Waals surface area (Å²) in [6.45, 7) is 0.823. The zero-order valence-corrected chi connectivity index (χ0v) is 17.4. The van der Waals surface area contributed by atoms with E-state index in [9.17, 15) is 13.2 Å². The van der Waals surface area contributed by atoms with Gasteiger partial charge in [0.1, 0.15) is 5.78 Å². The van der Waals surface area contributed by atoms with Crippen molar-refractivity contribution in [2.24, 2.45) is 13.0 Å². The van der Waals surface area contributed by atoms with Gasteiger partial charge in [0.15, 0.2) is 0 Å². The Morgan fingerprint density at radius 2 is 1.86 bits per heavy atom. The van der Waals surface area contributed by atoms with E-state index in [-0.39, 0.29) is 18.1 Å². The van der Waals surface area contributed by atoms with E-state index in [1.54, 1.807) is 10.9 Å². The molecule has 1 aliphatic heterocycles.